The van der Waals surface area contributed by atoms with Crippen molar-refractivity contribution in [3.8, 4) is 0 Å². The van der Waals surface area contributed by atoms with Crippen LogP contribution in [0.3, 0.4) is 0 Å². The van der Waals surface area contributed by atoms with Gasteiger partial charge in [0.2, 0.25) is 11.9 Å². The smallest absolute Gasteiger partial charge is 0.319 e. The number of hydrogen-bond donors (Lipinski definition) is 1. The Kier molecular flexibility index (Phi) is 7.01. The molecule has 1 saturated heterocycles. The zero-order valence-electron chi connectivity index (χ0n) is 21.5. The summed E-state index contributed by atoms with van der Waals surface area (Å²) < 4.78 is 0. The van der Waals surface area contributed by atoms with Gasteiger partial charge in [0.15, 0.2) is 0 Å². The lowest BCUT2D eigenvalue weighted by Gasteiger charge is -2.45. The fraction of sp³-hybridized carbons (Fsp3) is 0.556. The zero-order valence-corrected chi connectivity index (χ0v) is 21.5. The molecule has 0 bridgehead atoms. The number of rotatable bonds is 5. The van der Waals surface area contributed by atoms with Crippen LogP contribution in [0, 0.1) is 12.3 Å². The highest BCUT2D eigenvalue weighted by Gasteiger charge is 2.40. The molecule has 2 aromatic rings. The average molecular weight is 479 g/mol. The van der Waals surface area contributed by atoms with E-state index in [2.05, 4.69) is 54.1 Å². The summed E-state index contributed by atoms with van der Waals surface area (Å²) in [6.45, 7) is 11.4. The zero-order chi connectivity index (χ0) is 25.2. The van der Waals surface area contributed by atoms with Crippen LogP contribution in [0.5, 0.6) is 0 Å². The van der Waals surface area contributed by atoms with Gasteiger partial charge in [0.1, 0.15) is 0 Å². The van der Waals surface area contributed by atoms with Gasteiger partial charge in [-0.25, -0.2) is 14.8 Å². The first-order valence-electron chi connectivity index (χ1n) is 12.6. The molecule has 1 aromatic heterocycles. The number of hydrogen-bond acceptors (Lipinski definition) is 5. The van der Waals surface area contributed by atoms with Crippen molar-refractivity contribution in [1.29, 1.82) is 0 Å². The van der Waals surface area contributed by atoms with Gasteiger partial charge in [-0.2, -0.15) is 0 Å². The summed E-state index contributed by atoms with van der Waals surface area (Å²) in [5, 5.41) is 0. The maximum atomic E-state index is 12.5. The van der Waals surface area contributed by atoms with E-state index >= 15 is 0 Å². The second-order valence-corrected chi connectivity index (χ2v) is 10.8. The molecule has 1 aliphatic heterocycles. The number of aromatic nitrogens is 2. The third kappa shape index (κ3) is 5.41. The summed E-state index contributed by atoms with van der Waals surface area (Å²) in [7, 11) is 0. The molecule has 1 aromatic carbocycles. The molecule has 3 amide bonds. The first-order chi connectivity index (χ1) is 16.6. The van der Waals surface area contributed by atoms with Crippen LogP contribution in [0.2, 0.25) is 0 Å². The second-order valence-electron chi connectivity index (χ2n) is 10.8. The van der Waals surface area contributed by atoms with Gasteiger partial charge < -0.3 is 15.5 Å². The van der Waals surface area contributed by atoms with E-state index in [1.54, 1.807) is 18.0 Å². The number of carbonyl (C=O) groups excluding carboxylic acids is 2. The number of piperazine rings is 1. The lowest BCUT2D eigenvalue weighted by molar-refractivity contribution is -0.129. The standard InChI is InChI=1S/C27H38N6O2/c1-20-23(18-29-25(30-20)32-16-14-31(15-17-32)21(2)34)33(24(28)35)19-26(3)10-12-27(4,13-11-26)22-8-6-5-7-9-22/h5-9,18H,10-17,19H2,1-4H3,(H2,28,35)/t26-,27+. The van der Waals surface area contributed by atoms with Crippen molar-refractivity contribution in [2.75, 3.05) is 42.5 Å². The average Bonchev–Trinajstić information content (AvgIpc) is 2.85. The van der Waals surface area contributed by atoms with Gasteiger partial charge in [-0.1, -0.05) is 44.2 Å². The highest BCUT2D eigenvalue weighted by atomic mass is 16.2. The third-order valence-electron chi connectivity index (χ3n) is 8.08. The van der Waals surface area contributed by atoms with E-state index in [9.17, 15) is 9.59 Å². The molecule has 35 heavy (non-hydrogen) atoms. The Bertz CT molecular complexity index is 1060. The van der Waals surface area contributed by atoms with Crippen LogP contribution in [0.4, 0.5) is 16.4 Å². The summed E-state index contributed by atoms with van der Waals surface area (Å²) in [5.41, 5.74) is 8.78. The minimum atomic E-state index is -0.475. The Morgan fingerprint density at radius 1 is 1.03 bits per heavy atom. The molecule has 8 nitrogen and oxygen atoms in total. The van der Waals surface area contributed by atoms with E-state index in [1.165, 1.54) is 5.56 Å². The SMILES string of the molecule is CC(=O)N1CCN(c2ncc(N(C[C@]3(C)CC[C@](C)(c4ccccc4)CC3)C(N)=O)c(C)n2)CC1. The molecule has 8 heteroatoms. The Morgan fingerprint density at radius 2 is 1.66 bits per heavy atom. The van der Waals surface area contributed by atoms with E-state index in [0.717, 1.165) is 31.4 Å². The number of aryl methyl sites for hydroxylation is 1. The minimum absolute atomic E-state index is 0.0303. The highest BCUT2D eigenvalue weighted by Crippen LogP contribution is 2.47. The van der Waals surface area contributed by atoms with Gasteiger partial charge in [-0.3, -0.25) is 9.69 Å². The molecule has 1 aliphatic carbocycles. The molecule has 0 spiro atoms. The number of carbonyl (C=O) groups is 2. The van der Waals surface area contributed by atoms with Crippen molar-refractivity contribution in [2.24, 2.45) is 11.1 Å². The normalized spacial score (nSPS) is 24.8. The Labute approximate surface area is 208 Å². The molecule has 2 aliphatic rings. The number of anilines is 2. The second kappa shape index (κ2) is 9.84. The largest absolute Gasteiger partial charge is 0.351 e. The molecule has 188 valence electrons. The van der Waals surface area contributed by atoms with Crippen molar-refractivity contribution < 1.29 is 9.59 Å². The first kappa shape index (κ1) is 24.9. The summed E-state index contributed by atoms with van der Waals surface area (Å²) in [4.78, 5) is 39.0. The fourth-order valence-electron chi connectivity index (χ4n) is 5.44. The first-order valence-corrected chi connectivity index (χ1v) is 12.6. The van der Waals surface area contributed by atoms with Crippen LogP contribution >= 0.6 is 0 Å². The number of urea groups is 1. The van der Waals surface area contributed by atoms with E-state index in [-0.39, 0.29) is 16.7 Å². The fourth-order valence-corrected chi connectivity index (χ4v) is 5.44. The molecule has 4 rings (SSSR count). The van der Waals surface area contributed by atoms with Gasteiger partial charge in [0, 0.05) is 39.6 Å². The van der Waals surface area contributed by atoms with Crippen LogP contribution in [-0.2, 0) is 10.2 Å². The number of amides is 3. The molecular formula is C27H38N6O2. The minimum Gasteiger partial charge on any atom is -0.351 e. The van der Waals surface area contributed by atoms with Crippen LogP contribution in [0.25, 0.3) is 0 Å². The predicted octanol–water partition coefficient (Wildman–Crippen LogP) is 3.88. The molecule has 0 atom stereocenters. The van der Waals surface area contributed by atoms with Gasteiger partial charge in [-0.05, 0) is 49.0 Å². The van der Waals surface area contributed by atoms with Crippen LogP contribution in [-0.4, -0.2) is 59.5 Å². The highest BCUT2D eigenvalue weighted by molar-refractivity contribution is 5.91. The number of nitrogens with zero attached hydrogens (tertiary/aromatic N) is 5. The molecule has 0 radical (unpaired) electrons. The van der Waals surface area contributed by atoms with Crippen molar-refractivity contribution in [3.05, 3.63) is 47.8 Å². The number of benzene rings is 1. The molecule has 2 N–H and O–H groups in total. The van der Waals surface area contributed by atoms with Crippen molar-refractivity contribution in [3.63, 3.8) is 0 Å². The number of primary amides is 1. The van der Waals surface area contributed by atoms with E-state index in [4.69, 9.17) is 10.7 Å². The van der Waals surface area contributed by atoms with E-state index < -0.39 is 6.03 Å². The van der Waals surface area contributed by atoms with Gasteiger partial charge in [0.25, 0.3) is 0 Å². The Hall–Kier alpha value is -3.16. The molecule has 0 unspecified atom stereocenters. The lowest BCUT2D eigenvalue weighted by Crippen LogP contribution is -2.49. The summed E-state index contributed by atoms with van der Waals surface area (Å²) in [6, 6.07) is 10.3. The third-order valence-corrected chi connectivity index (χ3v) is 8.08. The quantitative estimate of drug-likeness (QED) is 0.704. The van der Waals surface area contributed by atoms with Crippen molar-refractivity contribution in [1.82, 2.24) is 14.9 Å². The van der Waals surface area contributed by atoms with Gasteiger partial charge >= 0.3 is 6.03 Å². The monoisotopic (exact) mass is 478 g/mol. The summed E-state index contributed by atoms with van der Waals surface area (Å²) in [5.74, 6) is 0.718. The van der Waals surface area contributed by atoms with E-state index in [0.29, 0.717) is 44.4 Å². The maximum Gasteiger partial charge on any atom is 0.319 e. The van der Waals surface area contributed by atoms with Gasteiger partial charge in [-0.15, -0.1) is 0 Å². The Balaban J connectivity index is 1.45. The van der Waals surface area contributed by atoms with Crippen molar-refractivity contribution in [2.45, 2.75) is 58.8 Å². The molecular weight excluding hydrogens is 440 g/mol. The molecule has 2 heterocycles. The summed E-state index contributed by atoms with van der Waals surface area (Å²) in [6.07, 6.45) is 5.89. The Morgan fingerprint density at radius 3 is 2.20 bits per heavy atom. The maximum absolute atomic E-state index is 12.5. The van der Waals surface area contributed by atoms with Crippen LogP contribution in [0.15, 0.2) is 36.5 Å². The van der Waals surface area contributed by atoms with Gasteiger partial charge in [0.05, 0.1) is 17.6 Å². The number of nitrogens with two attached hydrogens (primary N) is 1. The predicted molar refractivity (Wildman–Crippen MR) is 139 cm³/mol. The lowest BCUT2D eigenvalue weighted by atomic mass is 9.62. The summed E-state index contributed by atoms with van der Waals surface area (Å²) >= 11 is 0. The molecule has 1 saturated carbocycles. The van der Waals surface area contributed by atoms with Crippen molar-refractivity contribution >= 4 is 23.6 Å². The van der Waals surface area contributed by atoms with E-state index in [1.807, 2.05) is 11.8 Å². The van der Waals surface area contributed by atoms with Crippen LogP contribution in [0.1, 0.15) is 57.7 Å². The topological polar surface area (TPSA) is 95.7 Å². The molecule has 2 fully saturated rings. The van der Waals surface area contributed by atoms with Crippen LogP contribution < -0.4 is 15.5 Å².